The smallest absolute Gasteiger partial charge is 0.337 e. The topological polar surface area (TPSA) is 71.1 Å². The molecular formula is C25H25FN4O3. The van der Waals surface area contributed by atoms with E-state index in [4.69, 9.17) is 4.74 Å². The predicted octanol–water partition coefficient (Wildman–Crippen LogP) is 3.33. The molecule has 1 fully saturated rings. The Kier molecular flexibility index (Phi) is 5.46. The standard InChI is InChI=1S/C25H25FN4O3/c1-16-5-3-6-17(2)21(16)30-23-22(24(31)29(25(30)32)14-20-7-4-12-33-20)28(15-27-23)13-18-8-10-19(26)11-9-18/h3,5-6,8-11,15,20H,4,7,12-14H2,1-2H3/t20-/m1/s1. The number of aryl methyl sites for hydroxylation is 2. The fraction of sp³-hybridized carbons (Fsp3) is 0.320. The van der Waals surface area contributed by atoms with Crippen LogP contribution in [-0.4, -0.2) is 31.4 Å². The molecule has 170 valence electrons. The van der Waals surface area contributed by atoms with E-state index in [1.54, 1.807) is 23.0 Å². The van der Waals surface area contributed by atoms with Gasteiger partial charge in [0, 0.05) is 13.2 Å². The summed E-state index contributed by atoms with van der Waals surface area (Å²) >= 11 is 0. The van der Waals surface area contributed by atoms with Crippen LogP contribution in [0.15, 0.2) is 58.4 Å². The Morgan fingerprint density at radius 2 is 1.82 bits per heavy atom. The average Bonchev–Trinajstić information content (AvgIpc) is 3.45. The van der Waals surface area contributed by atoms with Crippen LogP contribution in [0.4, 0.5) is 4.39 Å². The number of aromatic nitrogens is 4. The van der Waals surface area contributed by atoms with Crippen molar-refractivity contribution in [3.8, 4) is 5.69 Å². The first kappa shape index (κ1) is 21.3. The number of para-hydroxylation sites is 1. The molecule has 1 aliphatic rings. The van der Waals surface area contributed by atoms with Gasteiger partial charge in [-0.1, -0.05) is 30.3 Å². The zero-order chi connectivity index (χ0) is 23.1. The molecule has 7 nitrogen and oxygen atoms in total. The van der Waals surface area contributed by atoms with Gasteiger partial charge in [-0.3, -0.25) is 9.36 Å². The molecule has 1 atom stereocenters. The molecule has 0 saturated carbocycles. The molecule has 5 rings (SSSR count). The fourth-order valence-corrected chi connectivity index (χ4v) is 4.60. The van der Waals surface area contributed by atoms with Crippen LogP contribution in [0.3, 0.4) is 0 Å². The maximum atomic E-state index is 13.7. The summed E-state index contributed by atoms with van der Waals surface area (Å²) in [5, 5.41) is 0. The summed E-state index contributed by atoms with van der Waals surface area (Å²) in [5.41, 5.74) is 3.20. The second-order valence-corrected chi connectivity index (χ2v) is 8.58. The summed E-state index contributed by atoms with van der Waals surface area (Å²) < 4.78 is 23.6. The van der Waals surface area contributed by atoms with Gasteiger partial charge in [-0.25, -0.2) is 18.7 Å². The summed E-state index contributed by atoms with van der Waals surface area (Å²) in [6.45, 7) is 5.03. The van der Waals surface area contributed by atoms with Gasteiger partial charge in [-0.2, -0.15) is 0 Å². The minimum atomic E-state index is -0.424. The number of imidazole rings is 1. The quantitative estimate of drug-likeness (QED) is 0.470. The molecule has 0 aliphatic carbocycles. The van der Waals surface area contributed by atoms with Crippen LogP contribution in [0.2, 0.25) is 0 Å². The molecule has 2 aromatic carbocycles. The zero-order valence-electron chi connectivity index (χ0n) is 18.6. The lowest BCUT2D eigenvalue weighted by molar-refractivity contribution is 0.0950. The van der Waals surface area contributed by atoms with Crippen LogP contribution < -0.4 is 11.2 Å². The van der Waals surface area contributed by atoms with Gasteiger partial charge in [0.2, 0.25) is 0 Å². The number of benzene rings is 2. The summed E-state index contributed by atoms with van der Waals surface area (Å²) in [5.74, 6) is -0.322. The van der Waals surface area contributed by atoms with Crippen molar-refractivity contribution in [3.63, 3.8) is 0 Å². The molecule has 1 aliphatic heterocycles. The van der Waals surface area contributed by atoms with Crippen molar-refractivity contribution in [3.05, 3.63) is 92.1 Å². The Morgan fingerprint density at radius 1 is 1.09 bits per heavy atom. The molecule has 8 heteroatoms. The molecule has 0 radical (unpaired) electrons. The molecule has 1 saturated heterocycles. The summed E-state index contributed by atoms with van der Waals surface area (Å²) in [7, 11) is 0. The van der Waals surface area contributed by atoms with Crippen molar-refractivity contribution in [2.24, 2.45) is 0 Å². The highest BCUT2D eigenvalue weighted by Gasteiger charge is 2.24. The highest BCUT2D eigenvalue weighted by atomic mass is 19.1. The lowest BCUT2D eigenvalue weighted by atomic mass is 10.1. The van der Waals surface area contributed by atoms with Gasteiger partial charge in [0.05, 0.1) is 24.7 Å². The summed E-state index contributed by atoms with van der Waals surface area (Å²) in [6.07, 6.45) is 3.11. The second kappa shape index (κ2) is 8.44. The number of hydrogen-bond donors (Lipinski definition) is 0. The van der Waals surface area contributed by atoms with E-state index in [-0.39, 0.29) is 18.5 Å². The number of hydrogen-bond acceptors (Lipinski definition) is 4. The highest BCUT2D eigenvalue weighted by Crippen LogP contribution is 2.21. The van der Waals surface area contributed by atoms with Gasteiger partial charge in [-0.15, -0.1) is 0 Å². The molecule has 0 bridgehead atoms. The molecular weight excluding hydrogens is 423 g/mol. The van der Waals surface area contributed by atoms with E-state index >= 15 is 0 Å². The first-order valence-corrected chi connectivity index (χ1v) is 11.1. The minimum absolute atomic E-state index is 0.173. The van der Waals surface area contributed by atoms with Crippen LogP contribution >= 0.6 is 0 Å². The number of halogens is 1. The Hall–Kier alpha value is -3.52. The fourth-order valence-electron chi connectivity index (χ4n) is 4.60. The monoisotopic (exact) mass is 448 g/mol. The van der Waals surface area contributed by atoms with E-state index in [1.807, 2.05) is 32.0 Å². The molecule has 3 heterocycles. The summed E-state index contributed by atoms with van der Waals surface area (Å²) in [4.78, 5) is 31.8. The van der Waals surface area contributed by atoms with Gasteiger partial charge in [-0.05, 0) is 55.5 Å². The Morgan fingerprint density at radius 3 is 2.48 bits per heavy atom. The largest absolute Gasteiger partial charge is 0.376 e. The van der Waals surface area contributed by atoms with Crippen molar-refractivity contribution < 1.29 is 9.13 Å². The molecule has 0 N–H and O–H groups in total. The van der Waals surface area contributed by atoms with Gasteiger partial charge in [0.1, 0.15) is 5.82 Å². The van der Waals surface area contributed by atoms with Gasteiger partial charge < -0.3 is 9.30 Å². The average molecular weight is 448 g/mol. The number of ether oxygens (including phenoxy) is 1. The first-order chi connectivity index (χ1) is 15.9. The number of nitrogens with zero attached hydrogens (tertiary/aromatic N) is 4. The van der Waals surface area contributed by atoms with E-state index in [9.17, 15) is 14.0 Å². The summed E-state index contributed by atoms with van der Waals surface area (Å²) in [6, 6.07) is 11.9. The van der Waals surface area contributed by atoms with E-state index in [0.717, 1.165) is 35.2 Å². The lowest BCUT2D eigenvalue weighted by Crippen LogP contribution is -2.42. The van der Waals surface area contributed by atoms with Gasteiger partial charge in [0.15, 0.2) is 11.2 Å². The van der Waals surface area contributed by atoms with Crippen LogP contribution in [0.1, 0.15) is 29.5 Å². The third-order valence-corrected chi connectivity index (χ3v) is 6.24. The Balaban J connectivity index is 1.76. The minimum Gasteiger partial charge on any atom is -0.376 e. The van der Waals surface area contributed by atoms with Crippen LogP contribution in [-0.2, 0) is 17.8 Å². The van der Waals surface area contributed by atoms with E-state index in [0.29, 0.717) is 24.3 Å². The molecule has 4 aromatic rings. The molecule has 2 aromatic heterocycles. The van der Waals surface area contributed by atoms with Crippen molar-refractivity contribution in [1.29, 1.82) is 0 Å². The van der Waals surface area contributed by atoms with Crippen molar-refractivity contribution in [2.45, 2.75) is 45.9 Å². The van der Waals surface area contributed by atoms with Crippen molar-refractivity contribution in [2.75, 3.05) is 6.61 Å². The van der Waals surface area contributed by atoms with E-state index in [2.05, 4.69) is 4.98 Å². The van der Waals surface area contributed by atoms with Gasteiger partial charge in [0.25, 0.3) is 5.56 Å². The van der Waals surface area contributed by atoms with E-state index < -0.39 is 11.2 Å². The zero-order valence-corrected chi connectivity index (χ0v) is 18.6. The first-order valence-electron chi connectivity index (χ1n) is 11.1. The van der Waals surface area contributed by atoms with Crippen molar-refractivity contribution >= 4 is 11.2 Å². The maximum Gasteiger partial charge on any atom is 0.337 e. The number of rotatable bonds is 5. The normalized spacial score (nSPS) is 16.0. The highest BCUT2D eigenvalue weighted by molar-refractivity contribution is 5.73. The van der Waals surface area contributed by atoms with Gasteiger partial charge >= 0.3 is 5.69 Å². The number of fused-ring (bicyclic) bond motifs is 1. The maximum absolute atomic E-state index is 13.7. The third kappa shape index (κ3) is 3.80. The lowest BCUT2D eigenvalue weighted by Gasteiger charge is -2.17. The SMILES string of the molecule is Cc1cccc(C)c1-n1c(=O)n(C[C@H]2CCCO2)c(=O)c2c1ncn2Cc1ccc(F)cc1. The molecule has 0 unspecified atom stereocenters. The third-order valence-electron chi connectivity index (χ3n) is 6.24. The molecule has 0 amide bonds. The molecule has 0 spiro atoms. The van der Waals surface area contributed by atoms with Crippen molar-refractivity contribution in [1.82, 2.24) is 18.7 Å². The second-order valence-electron chi connectivity index (χ2n) is 8.58. The van der Waals surface area contributed by atoms with Crippen LogP contribution in [0.25, 0.3) is 16.9 Å². The predicted molar refractivity (Wildman–Crippen MR) is 124 cm³/mol. The Bertz CT molecular complexity index is 1420. The van der Waals surface area contributed by atoms with Crippen LogP contribution in [0, 0.1) is 19.7 Å². The van der Waals surface area contributed by atoms with E-state index in [1.165, 1.54) is 21.3 Å². The Labute approximate surface area is 189 Å². The molecule has 33 heavy (non-hydrogen) atoms. The van der Waals surface area contributed by atoms with Crippen LogP contribution in [0.5, 0.6) is 0 Å².